The van der Waals surface area contributed by atoms with Gasteiger partial charge in [-0.25, -0.2) is 4.99 Å². The Morgan fingerprint density at radius 2 is 2.00 bits per heavy atom. The van der Waals surface area contributed by atoms with Crippen molar-refractivity contribution in [2.24, 2.45) is 4.99 Å². The number of methoxy groups -OCH3 is 1. The summed E-state index contributed by atoms with van der Waals surface area (Å²) in [6.07, 6.45) is 0. The molecule has 25 heavy (non-hydrogen) atoms. The second kappa shape index (κ2) is 10.7. The molecule has 1 aromatic heterocycles. The molecule has 1 heterocycles. The molecule has 2 aromatic rings. The number of aliphatic imine (C=N–C) groups is 1. The first-order valence-corrected chi connectivity index (χ1v) is 9.12. The summed E-state index contributed by atoms with van der Waals surface area (Å²) >= 11 is 1.73. The molecule has 0 amide bonds. The third kappa shape index (κ3) is 6.86. The Bertz CT molecular complexity index is 656. The molecule has 2 rings (SSSR count). The fourth-order valence-electron chi connectivity index (χ4n) is 2.35. The first-order valence-electron chi connectivity index (χ1n) is 8.24. The Hall–Kier alpha value is -1.28. The van der Waals surface area contributed by atoms with Gasteiger partial charge in [0.25, 0.3) is 0 Å². The van der Waals surface area contributed by atoms with Crippen LogP contribution in [0.15, 0.2) is 46.8 Å². The van der Waals surface area contributed by atoms with E-state index in [1.807, 2.05) is 12.1 Å². The van der Waals surface area contributed by atoms with Crippen molar-refractivity contribution in [2.45, 2.75) is 32.7 Å². The minimum Gasteiger partial charge on any atom is -0.497 e. The lowest BCUT2D eigenvalue weighted by molar-refractivity contribution is 0.411. The molecule has 0 bridgehead atoms. The van der Waals surface area contributed by atoms with Crippen LogP contribution in [0, 0.1) is 0 Å². The second-order valence-electron chi connectivity index (χ2n) is 6.24. The van der Waals surface area contributed by atoms with Crippen molar-refractivity contribution >= 4 is 41.3 Å². The van der Waals surface area contributed by atoms with Crippen molar-refractivity contribution < 1.29 is 4.74 Å². The van der Waals surface area contributed by atoms with E-state index in [0.29, 0.717) is 6.54 Å². The maximum absolute atomic E-state index is 5.34. The Labute approximate surface area is 172 Å². The molecule has 0 fully saturated rings. The molecule has 138 valence electrons. The van der Waals surface area contributed by atoms with Gasteiger partial charge in [-0.3, -0.25) is 0 Å². The van der Waals surface area contributed by atoms with Gasteiger partial charge < -0.3 is 15.4 Å². The van der Waals surface area contributed by atoms with Crippen LogP contribution in [0.3, 0.4) is 0 Å². The number of benzene rings is 1. The molecule has 0 spiro atoms. The first kappa shape index (κ1) is 21.8. The van der Waals surface area contributed by atoms with Gasteiger partial charge in [-0.1, -0.05) is 32.0 Å². The van der Waals surface area contributed by atoms with Crippen molar-refractivity contribution in [2.75, 3.05) is 20.2 Å². The maximum atomic E-state index is 5.34. The number of ether oxygens (including phenoxy) is 1. The van der Waals surface area contributed by atoms with Crippen LogP contribution in [-0.2, 0) is 12.0 Å². The van der Waals surface area contributed by atoms with Crippen LogP contribution < -0.4 is 15.4 Å². The Morgan fingerprint density at radius 1 is 1.20 bits per heavy atom. The zero-order valence-electron chi connectivity index (χ0n) is 15.3. The fourth-order valence-corrected chi connectivity index (χ4v) is 2.98. The van der Waals surface area contributed by atoms with E-state index in [4.69, 9.17) is 4.74 Å². The maximum Gasteiger partial charge on any atom is 0.191 e. The largest absolute Gasteiger partial charge is 0.497 e. The van der Waals surface area contributed by atoms with Crippen molar-refractivity contribution in [1.29, 1.82) is 0 Å². The quantitative estimate of drug-likeness (QED) is 0.356. The molecule has 0 saturated carbocycles. The van der Waals surface area contributed by atoms with Gasteiger partial charge in [0, 0.05) is 23.4 Å². The predicted molar refractivity (Wildman–Crippen MR) is 119 cm³/mol. The van der Waals surface area contributed by atoms with Crippen LogP contribution in [0.25, 0.3) is 0 Å². The van der Waals surface area contributed by atoms with E-state index >= 15 is 0 Å². The zero-order valence-corrected chi connectivity index (χ0v) is 18.5. The number of thiophene rings is 1. The number of rotatable bonds is 7. The van der Waals surface area contributed by atoms with Crippen LogP contribution in [0.1, 0.15) is 31.2 Å². The van der Waals surface area contributed by atoms with Gasteiger partial charge in [0.1, 0.15) is 5.75 Å². The van der Waals surface area contributed by atoms with Crippen LogP contribution in [0.2, 0.25) is 0 Å². The monoisotopic (exact) mass is 473 g/mol. The standard InChI is InChI=1S/C19H27N3OS.HI/c1-5-20-18(21-13-17-10-7-11-24-17)22-14-19(2,3)15-8-6-9-16(12-15)23-4;/h6-12H,5,13-14H2,1-4H3,(H2,20,21,22);1H. The van der Waals surface area contributed by atoms with E-state index in [1.54, 1.807) is 18.4 Å². The summed E-state index contributed by atoms with van der Waals surface area (Å²) < 4.78 is 5.34. The van der Waals surface area contributed by atoms with Gasteiger partial charge >= 0.3 is 0 Å². The highest BCUT2D eigenvalue weighted by molar-refractivity contribution is 14.0. The molecule has 2 N–H and O–H groups in total. The van der Waals surface area contributed by atoms with Crippen molar-refractivity contribution in [3.63, 3.8) is 0 Å². The molecule has 0 aliphatic rings. The molecular weight excluding hydrogens is 445 g/mol. The topological polar surface area (TPSA) is 45.7 Å². The number of guanidine groups is 1. The molecule has 0 radical (unpaired) electrons. The van der Waals surface area contributed by atoms with E-state index < -0.39 is 0 Å². The van der Waals surface area contributed by atoms with Crippen molar-refractivity contribution in [3.05, 3.63) is 52.2 Å². The number of hydrogen-bond acceptors (Lipinski definition) is 3. The van der Waals surface area contributed by atoms with Crippen LogP contribution in [-0.4, -0.2) is 26.2 Å². The minimum atomic E-state index is -0.0341. The van der Waals surface area contributed by atoms with Crippen LogP contribution >= 0.6 is 35.3 Å². The lowest BCUT2D eigenvalue weighted by atomic mass is 9.84. The van der Waals surface area contributed by atoms with Gasteiger partial charge in [0.2, 0.25) is 0 Å². The van der Waals surface area contributed by atoms with Crippen molar-refractivity contribution in [1.82, 2.24) is 10.6 Å². The molecule has 6 heteroatoms. The molecule has 4 nitrogen and oxygen atoms in total. The van der Waals surface area contributed by atoms with E-state index in [0.717, 1.165) is 24.8 Å². The van der Waals surface area contributed by atoms with Crippen LogP contribution in [0.4, 0.5) is 0 Å². The lowest BCUT2D eigenvalue weighted by Gasteiger charge is -2.27. The van der Waals surface area contributed by atoms with E-state index in [-0.39, 0.29) is 29.4 Å². The third-order valence-corrected chi connectivity index (χ3v) is 4.73. The predicted octanol–water partition coefficient (Wildman–Crippen LogP) is 4.41. The van der Waals surface area contributed by atoms with E-state index in [1.165, 1.54) is 10.4 Å². The summed E-state index contributed by atoms with van der Waals surface area (Å²) in [7, 11) is 1.70. The van der Waals surface area contributed by atoms with Gasteiger partial charge in [0.05, 0.1) is 13.7 Å². The summed E-state index contributed by atoms with van der Waals surface area (Å²) in [5.74, 6) is 1.74. The zero-order chi connectivity index (χ0) is 17.4. The normalized spacial score (nSPS) is 11.6. The van der Waals surface area contributed by atoms with E-state index in [9.17, 15) is 0 Å². The lowest BCUT2D eigenvalue weighted by Crippen LogP contribution is -2.43. The summed E-state index contributed by atoms with van der Waals surface area (Å²) in [5, 5.41) is 8.85. The Balaban J connectivity index is 0.00000312. The average molecular weight is 473 g/mol. The highest BCUT2D eigenvalue weighted by Crippen LogP contribution is 2.25. The van der Waals surface area contributed by atoms with Gasteiger partial charge in [-0.2, -0.15) is 0 Å². The molecule has 0 aliphatic heterocycles. The number of halogens is 1. The van der Waals surface area contributed by atoms with E-state index in [2.05, 4.69) is 66.0 Å². The summed E-state index contributed by atoms with van der Waals surface area (Å²) in [6, 6.07) is 12.4. The Kier molecular flexibility index (Phi) is 9.27. The summed E-state index contributed by atoms with van der Waals surface area (Å²) in [5.41, 5.74) is 1.21. The molecule has 0 aliphatic carbocycles. The molecule has 0 saturated heterocycles. The van der Waals surface area contributed by atoms with Crippen LogP contribution in [0.5, 0.6) is 5.75 Å². The van der Waals surface area contributed by atoms with Gasteiger partial charge in [-0.15, -0.1) is 35.3 Å². The Morgan fingerprint density at radius 3 is 2.64 bits per heavy atom. The first-order chi connectivity index (χ1) is 11.5. The molecular formula is C19H28IN3OS. The fraction of sp³-hybridized carbons (Fsp3) is 0.421. The van der Waals surface area contributed by atoms with Gasteiger partial charge in [0.15, 0.2) is 5.96 Å². The number of nitrogens with zero attached hydrogens (tertiary/aromatic N) is 1. The molecule has 0 atom stereocenters. The summed E-state index contributed by atoms with van der Waals surface area (Å²) in [6.45, 7) is 8.85. The second-order valence-corrected chi connectivity index (χ2v) is 7.28. The smallest absolute Gasteiger partial charge is 0.191 e. The van der Waals surface area contributed by atoms with Gasteiger partial charge in [-0.05, 0) is 36.1 Å². The molecule has 0 unspecified atom stereocenters. The average Bonchev–Trinajstić information content (AvgIpc) is 3.11. The number of nitrogens with one attached hydrogen (secondary N) is 2. The SMILES string of the molecule is CCNC(=NCc1cccs1)NCC(C)(C)c1cccc(OC)c1.I. The molecule has 1 aromatic carbocycles. The minimum absolute atomic E-state index is 0. The third-order valence-electron chi connectivity index (χ3n) is 3.87. The number of hydrogen-bond donors (Lipinski definition) is 2. The highest BCUT2D eigenvalue weighted by atomic mass is 127. The highest BCUT2D eigenvalue weighted by Gasteiger charge is 2.21. The van der Waals surface area contributed by atoms with Crippen molar-refractivity contribution in [3.8, 4) is 5.75 Å². The summed E-state index contributed by atoms with van der Waals surface area (Å²) in [4.78, 5) is 5.93.